The number of para-hydroxylation sites is 2. The first-order valence-electron chi connectivity index (χ1n) is 7.50. The van der Waals surface area contributed by atoms with Crippen molar-refractivity contribution in [1.29, 1.82) is 0 Å². The first-order valence-corrected chi connectivity index (χ1v) is 7.50. The maximum atomic E-state index is 4.74. The molecule has 22 heavy (non-hydrogen) atoms. The smallest absolute Gasteiger partial charge is 0.174 e. The summed E-state index contributed by atoms with van der Waals surface area (Å²) in [5, 5.41) is 8.74. The Morgan fingerprint density at radius 1 is 0.773 bits per heavy atom. The molecule has 0 aromatic heterocycles. The zero-order valence-corrected chi connectivity index (χ0v) is 13.3. The summed E-state index contributed by atoms with van der Waals surface area (Å²) in [5.74, 6) is 0.825. The van der Waals surface area contributed by atoms with E-state index in [1.165, 1.54) is 0 Å². The first-order chi connectivity index (χ1) is 10.5. The lowest BCUT2D eigenvalue weighted by molar-refractivity contribution is 0.526. The molecule has 2 aromatic rings. The molecule has 1 aliphatic rings. The van der Waals surface area contributed by atoms with Gasteiger partial charge in [-0.25, -0.2) is 10.0 Å². The molecule has 3 rings (SSSR count). The normalized spacial score (nSPS) is 15.3. The second-order valence-electron chi connectivity index (χ2n) is 6.39. The lowest BCUT2D eigenvalue weighted by Crippen LogP contribution is -2.51. The minimum absolute atomic E-state index is 0.111. The lowest BCUT2D eigenvalue weighted by Gasteiger charge is -2.37. The maximum absolute atomic E-state index is 4.74. The fourth-order valence-corrected chi connectivity index (χ4v) is 2.22. The quantitative estimate of drug-likeness (QED) is 0.842. The van der Waals surface area contributed by atoms with Crippen LogP contribution in [0.1, 0.15) is 20.8 Å². The molecule has 113 valence electrons. The van der Waals surface area contributed by atoms with E-state index >= 15 is 0 Å². The number of hydrogen-bond acceptors (Lipinski definition) is 3. The number of benzene rings is 2. The van der Waals surface area contributed by atoms with Gasteiger partial charge in [-0.05, 0) is 24.3 Å². The number of nitrogens with zero attached hydrogens (tertiary/aromatic N) is 4. The zero-order valence-electron chi connectivity index (χ0n) is 13.3. The van der Waals surface area contributed by atoms with Gasteiger partial charge in [0.2, 0.25) is 0 Å². The Morgan fingerprint density at radius 2 is 1.27 bits per heavy atom. The van der Waals surface area contributed by atoms with Crippen molar-refractivity contribution in [1.82, 2.24) is 5.43 Å². The summed E-state index contributed by atoms with van der Waals surface area (Å²) in [6, 6.07) is 20.4. The van der Waals surface area contributed by atoms with Gasteiger partial charge in [0, 0.05) is 5.41 Å². The summed E-state index contributed by atoms with van der Waals surface area (Å²) in [6.45, 7) is 7.00. The molecule has 0 atom stereocenters. The van der Waals surface area contributed by atoms with E-state index in [2.05, 4.69) is 45.0 Å². The third-order valence-corrected chi connectivity index (χ3v) is 3.48. The highest BCUT2D eigenvalue weighted by Gasteiger charge is 2.29. The van der Waals surface area contributed by atoms with Crippen molar-refractivity contribution in [3.63, 3.8) is 0 Å². The molecular formula is C18H21N4. The molecule has 2 aromatic carbocycles. The molecule has 1 radical (unpaired) electrons. The highest BCUT2D eigenvalue weighted by Crippen LogP contribution is 2.25. The van der Waals surface area contributed by atoms with Crippen LogP contribution in [0.25, 0.3) is 0 Å². The van der Waals surface area contributed by atoms with Gasteiger partial charge in [-0.3, -0.25) is 0 Å². The summed E-state index contributed by atoms with van der Waals surface area (Å²) < 4.78 is 0. The van der Waals surface area contributed by atoms with E-state index in [-0.39, 0.29) is 5.41 Å². The molecular weight excluding hydrogens is 272 g/mol. The van der Waals surface area contributed by atoms with Gasteiger partial charge >= 0.3 is 0 Å². The van der Waals surface area contributed by atoms with Crippen molar-refractivity contribution in [3.8, 4) is 0 Å². The van der Waals surface area contributed by atoms with E-state index < -0.39 is 0 Å². The molecule has 0 aliphatic carbocycles. The van der Waals surface area contributed by atoms with Crippen LogP contribution in [0.3, 0.4) is 0 Å². The van der Waals surface area contributed by atoms with Crippen molar-refractivity contribution in [2.24, 2.45) is 10.5 Å². The van der Waals surface area contributed by atoms with Crippen LogP contribution in [0, 0.1) is 5.41 Å². The van der Waals surface area contributed by atoms with Crippen LogP contribution in [0.15, 0.2) is 65.8 Å². The molecule has 0 bridgehead atoms. The van der Waals surface area contributed by atoms with Gasteiger partial charge in [0.05, 0.1) is 11.4 Å². The van der Waals surface area contributed by atoms with Crippen LogP contribution in [-0.4, -0.2) is 12.5 Å². The van der Waals surface area contributed by atoms with Gasteiger partial charge in [0.15, 0.2) is 5.84 Å². The number of anilines is 2. The number of hydrogen-bond donors (Lipinski definition) is 0. The average Bonchev–Trinajstić information content (AvgIpc) is 2.55. The summed E-state index contributed by atoms with van der Waals surface area (Å²) in [5.41, 5.74) is 6.77. The zero-order chi connectivity index (χ0) is 15.6. The van der Waals surface area contributed by atoms with Crippen molar-refractivity contribution in [2.45, 2.75) is 20.8 Å². The van der Waals surface area contributed by atoms with E-state index in [1.807, 2.05) is 46.4 Å². The third-order valence-electron chi connectivity index (χ3n) is 3.48. The summed E-state index contributed by atoms with van der Waals surface area (Å²) in [6.07, 6.45) is 0. The summed E-state index contributed by atoms with van der Waals surface area (Å²) in [7, 11) is 0. The lowest BCUT2D eigenvalue weighted by atomic mass is 9.95. The highest BCUT2D eigenvalue weighted by atomic mass is 15.7. The summed E-state index contributed by atoms with van der Waals surface area (Å²) >= 11 is 0. The number of rotatable bonds is 2. The van der Waals surface area contributed by atoms with Crippen molar-refractivity contribution >= 4 is 17.2 Å². The van der Waals surface area contributed by atoms with Gasteiger partial charge in [0.1, 0.15) is 6.67 Å². The Hall–Kier alpha value is -2.49. The third kappa shape index (κ3) is 3.06. The molecule has 0 N–H and O–H groups in total. The molecule has 1 aliphatic heterocycles. The van der Waals surface area contributed by atoms with E-state index in [0.717, 1.165) is 17.2 Å². The number of hydrazone groups is 1. The SMILES string of the molecule is CC(C)(C)C1=NN(c2ccccc2)CN(c2ccccc2)[N]1. The standard InChI is InChI=1S/C18H21N4/c1-18(2,3)17-19-21(15-10-6-4-7-11-15)14-22(20-17)16-12-8-5-9-13-16/h4-13H,14H2,1-3H3. The predicted molar refractivity (Wildman–Crippen MR) is 91.7 cm³/mol. The molecule has 0 unspecified atom stereocenters. The Morgan fingerprint density at radius 3 is 1.77 bits per heavy atom. The Balaban J connectivity index is 1.96. The number of amidine groups is 1. The highest BCUT2D eigenvalue weighted by molar-refractivity contribution is 5.90. The largest absolute Gasteiger partial charge is 0.242 e. The second kappa shape index (κ2) is 5.72. The van der Waals surface area contributed by atoms with Gasteiger partial charge in [-0.15, -0.1) is 0 Å². The topological polar surface area (TPSA) is 32.9 Å². The Labute approximate surface area is 132 Å². The van der Waals surface area contributed by atoms with Crippen LogP contribution >= 0.6 is 0 Å². The van der Waals surface area contributed by atoms with Crippen LogP contribution in [0.4, 0.5) is 11.4 Å². The maximum Gasteiger partial charge on any atom is 0.174 e. The van der Waals surface area contributed by atoms with Crippen molar-refractivity contribution in [2.75, 3.05) is 16.7 Å². The molecule has 4 heteroatoms. The molecule has 0 fully saturated rings. The predicted octanol–water partition coefficient (Wildman–Crippen LogP) is 3.85. The van der Waals surface area contributed by atoms with Gasteiger partial charge < -0.3 is 0 Å². The average molecular weight is 293 g/mol. The molecule has 1 heterocycles. The molecule has 0 amide bonds. The minimum atomic E-state index is -0.111. The second-order valence-corrected chi connectivity index (χ2v) is 6.39. The van der Waals surface area contributed by atoms with Crippen LogP contribution in [0.2, 0.25) is 0 Å². The molecule has 0 spiro atoms. The van der Waals surface area contributed by atoms with Crippen molar-refractivity contribution in [3.05, 3.63) is 60.7 Å². The van der Waals surface area contributed by atoms with E-state index in [9.17, 15) is 0 Å². The fourth-order valence-electron chi connectivity index (χ4n) is 2.22. The fraction of sp³-hybridized carbons (Fsp3) is 0.278. The van der Waals surface area contributed by atoms with E-state index in [1.54, 1.807) is 0 Å². The van der Waals surface area contributed by atoms with Gasteiger partial charge in [-0.2, -0.15) is 10.5 Å². The minimum Gasteiger partial charge on any atom is -0.242 e. The molecule has 0 saturated heterocycles. The molecule has 0 saturated carbocycles. The van der Waals surface area contributed by atoms with E-state index in [4.69, 9.17) is 10.5 Å². The van der Waals surface area contributed by atoms with Crippen LogP contribution in [-0.2, 0) is 0 Å². The summed E-state index contributed by atoms with van der Waals surface area (Å²) in [4.78, 5) is 0. The first kappa shape index (κ1) is 14.4. The monoisotopic (exact) mass is 293 g/mol. The van der Waals surface area contributed by atoms with Crippen molar-refractivity contribution < 1.29 is 0 Å². The van der Waals surface area contributed by atoms with E-state index in [0.29, 0.717) is 6.67 Å². The Kier molecular flexibility index (Phi) is 3.75. The van der Waals surface area contributed by atoms with Gasteiger partial charge in [-0.1, -0.05) is 57.2 Å². The van der Waals surface area contributed by atoms with Crippen LogP contribution in [0.5, 0.6) is 0 Å². The van der Waals surface area contributed by atoms with Crippen LogP contribution < -0.4 is 15.4 Å². The molecule has 4 nitrogen and oxygen atoms in total. The Bertz CT molecular complexity index is 644. The van der Waals surface area contributed by atoms with Gasteiger partial charge in [0.25, 0.3) is 0 Å².